The minimum absolute atomic E-state index is 0.0348. The zero-order valence-corrected chi connectivity index (χ0v) is 7.71. The molecule has 0 saturated carbocycles. The predicted molar refractivity (Wildman–Crippen MR) is 48.0 cm³/mol. The molecule has 0 bridgehead atoms. The molecule has 0 fully saturated rings. The van der Waals surface area contributed by atoms with E-state index in [4.69, 9.17) is 23.2 Å². The van der Waals surface area contributed by atoms with E-state index in [0.29, 0.717) is 30.3 Å². The van der Waals surface area contributed by atoms with Crippen LogP contribution in [-0.2, 0) is 4.79 Å². The van der Waals surface area contributed by atoms with Gasteiger partial charge in [0.25, 0.3) is 0 Å². The Kier molecular flexibility index (Phi) is 6.37. The molecule has 0 atom stereocenters. The van der Waals surface area contributed by atoms with Crippen molar-refractivity contribution >= 4 is 29.1 Å². The first kappa shape index (κ1) is 10.8. The number of hydrogen-bond donors (Lipinski definition) is 1. The summed E-state index contributed by atoms with van der Waals surface area (Å²) in [6, 6.07) is 0. The SMILES string of the molecule is C=C(Cl)CNC(=O)CCCCl. The van der Waals surface area contributed by atoms with Crippen molar-refractivity contribution < 1.29 is 4.79 Å². The van der Waals surface area contributed by atoms with Crippen LogP contribution in [0.3, 0.4) is 0 Å². The second kappa shape index (κ2) is 6.50. The van der Waals surface area contributed by atoms with Crippen LogP contribution in [0.15, 0.2) is 11.6 Å². The highest BCUT2D eigenvalue weighted by molar-refractivity contribution is 6.29. The van der Waals surface area contributed by atoms with Gasteiger partial charge in [0.05, 0.1) is 6.54 Å². The molecule has 0 unspecified atom stereocenters. The molecular formula is C7H11Cl2NO. The molecule has 2 nitrogen and oxygen atoms in total. The molecule has 0 aromatic heterocycles. The summed E-state index contributed by atoms with van der Waals surface area (Å²) in [6.07, 6.45) is 1.15. The van der Waals surface area contributed by atoms with Crippen molar-refractivity contribution in [2.75, 3.05) is 12.4 Å². The molecule has 4 heteroatoms. The second-order valence-electron chi connectivity index (χ2n) is 2.09. The van der Waals surface area contributed by atoms with Gasteiger partial charge in [-0.25, -0.2) is 0 Å². The normalized spacial score (nSPS) is 9.27. The summed E-state index contributed by atoms with van der Waals surface area (Å²) in [4.78, 5) is 10.8. The van der Waals surface area contributed by atoms with Gasteiger partial charge < -0.3 is 5.32 Å². The molecule has 0 aromatic rings. The van der Waals surface area contributed by atoms with E-state index >= 15 is 0 Å². The number of hydrogen-bond acceptors (Lipinski definition) is 1. The van der Waals surface area contributed by atoms with E-state index in [1.807, 2.05) is 0 Å². The maximum absolute atomic E-state index is 10.8. The molecule has 1 N–H and O–H groups in total. The highest BCUT2D eigenvalue weighted by Crippen LogP contribution is 1.95. The summed E-state index contributed by atoms with van der Waals surface area (Å²) >= 11 is 10.8. The van der Waals surface area contributed by atoms with Crippen LogP contribution in [0, 0.1) is 0 Å². The van der Waals surface area contributed by atoms with E-state index in [2.05, 4.69) is 11.9 Å². The van der Waals surface area contributed by atoms with Crippen molar-refractivity contribution in [2.24, 2.45) is 0 Å². The maximum Gasteiger partial charge on any atom is 0.220 e. The summed E-state index contributed by atoms with van der Waals surface area (Å²) in [6.45, 7) is 3.77. The molecule has 11 heavy (non-hydrogen) atoms. The summed E-state index contributed by atoms with van der Waals surface area (Å²) in [5, 5.41) is 3.02. The fourth-order valence-corrected chi connectivity index (χ4v) is 0.711. The van der Waals surface area contributed by atoms with Crippen LogP contribution < -0.4 is 5.32 Å². The number of carbonyl (C=O) groups is 1. The van der Waals surface area contributed by atoms with Crippen LogP contribution in [0.5, 0.6) is 0 Å². The van der Waals surface area contributed by atoms with Gasteiger partial charge in [0.2, 0.25) is 5.91 Å². The number of rotatable bonds is 5. The molecule has 0 aliphatic carbocycles. The average Bonchev–Trinajstić information content (AvgIpc) is 1.97. The van der Waals surface area contributed by atoms with E-state index in [-0.39, 0.29) is 5.91 Å². The Hall–Kier alpha value is -0.210. The Morgan fingerprint density at radius 2 is 2.18 bits per heavy atom. The third-order valence-electron chi connectivity index (χ3n) is 1.01. The molecule has 1 amide bonds. The average molecular weight is 196 g/mol. The third-order valence-corrected chi connectivity index (χ3v) is 1.42. The van der Waals surface area contributed by atoms with E-state index < -0.39 is 0 Å². The lowest BCUT2D eigenvalue weighted by Crippen LogP contribution is -2.24. The Morgan fingerprint density at radius 1 is 1.55 bits per heavy atom. The van der Waals surface area contributed by atoms with Crippen LogP contribution in [0.4, 0.5) is 0 Å². The Balaban J connectivity index is 3.30. The van der Waals surface area contributed by atoms with Crippen molar-refractivity contribution in [3.63, 3.8) is 0 Å². The van der Waals surface area contributed by atoms with Gasteiger partial charge in [-0.2, -0.15) is 0 Å². The smallest absolute Gasteiger partial charge is 0.220 e. The van der Waals surface area contributed by atoms with E-state index in [0.717, 1.165) is 0 Å². The zero-order valence-electron chi connectivity index (χ0n) is 6.20. The lowest BCUT2D eigenvalue weighted by Gasteiger charge is -2.01. The summed E-state index contributed by atoms with van der Waals surface area (Å²) in [7, 11) is 0. The molecule has 0 spiro atoms. The molecule has 0 aromatic carbocycles. The van der Waals surface area contributed by atoms with Gasteiger partial charge in [0, 0.05) is 17.3 Å². The number of carbonyl (C=O) groups excluding carboxylic acids is 1. The van der Waals surface area contributed by atoms with Crippen LogP contribution in [0.2, 0.25) is 0 Å². The van der Waals surface area contributed by atoms with E-state index in [9.17, 15) is 4.79 Å². The quantitative estimate of drug-likeness (QED) is 0.668. The van der Waals surface area contributed by atoms with Crippen molar-refractivity contribution in [3.05, 3.63) is 11.6 Å². The Bertz CT molecular complexity index is 147. The minimum Gasteiger partial charge on any atom is -0.351 e. The summed E-state index contributed by atoms with van der Waals surface area (Å²) in [5.41, 5.74) is 0. The van der Waals surface area contributed by atoms with E-state index in [1.54, 1.807) is 0 Å². The van der Waals surface area contributed by atoms with Crippen molar-refractivity contribution in [1.29, 1.82) is 0 Å². The highest BCUT2D eigenvalue weighted by atomic mass is 35.5. The molecule has 0 heterocycles. The zero-order chi connectivity index (χ0) is 8.69. The minimum atomic E-state index is -0.0348. The fraction of sp³-hybridized carbons (Fsp3) is 0.571. The first-order valence-corrected chi connectivity index (χ1v) is 4.24. The van der Waals surface area contributed by atoms with Crippen molar-refractivity contribution in [3.8, 4) is 0 Å². The van der Waals surface area contributed by atoms with Gasteiger partial charge in [-0.05, 0) is 6.42 Å². The fourth-order valence-electron chi connectivity index (χ4n) is 0.510. The molecule has 0 aliphatic heterocycles. The first-order valence-electron chi connectivity index (χ1n) is 3.32. The molecule has 0 rings (SSSR count). The molecule has 64 valence electrons. The van der Waals surface area contributed by atoms with Gasteiger partial charge >= 0.3 is 0 Å². The molecule has 0 aliphatic rings. The van der Waals surface area contributed by atoms with Crippen LogP contribution in [-0.4, -0.2) is 18.3 Å². The van der Waals surface area contributed by atoms with Gasteiger partial charge in [-0.3, -0.25) is 4.79 Å². The second-order valence-corrected chi connectivity index (χ2v) is 3.00. The topological polar surface area (TPSA) is 29.1 Å². The number of amides is 1. The standard InChI is InChI=1S/C7H11Cl2NO/c1-6(9)5-10-7(11)3-2-4-8/h1-5H2,(H,10,11). The monoisotopic (exact) mass is 195 g/mol. The first-order chi connectivity index (χ1) is 5.16. The van der Waals surface area contributed by atoms with Gasteiger partial charge in [0.1, 0.15) is 0 Å². The maximum atomic E-state index is 10.8. The van der Waals surface area contributed by atoms with Gasteiger partial charge in [-0.15, -0.1) is 11.6 Å². The van der Waals surface area contributed by atoms with Gasteiger partial charge in [0.15, 0.2) is 0 Å². The summed E-state index contributed by atoms with van der Waals surface area (Å²) < 4.78 is 0. The van der Waals surface area contributed by atoms with Gasteiger partial charge in [-0.1, -0.05) is 18.2 Å². The molecule has 0 saturated heterocycles. The van der Waals surface area contributed by atoms with Crippen LogP contribution in [0.25, 0.3) is 0 Å². The number of alkyl halides is 1. The third kappa shape index (κ3) is 7.69. The van der Waals surface area contributed by atoms with Crippen molar-refractivity contribution in [2.45, 2.75) is 12.8 Å². The van der Waals surface area contributed by atoms with Crippen LogP contribution >= 0.6 is 23.2 Å². The summed E-state index contributed by atoms with van der Waals surface area (Å²) in [5.74, 6) is 0.474. The predicted octanol–water partition coefficient (Wildman–Crippen LogP) is 1.87. The molecule has 0 radical (unpaired) electrons. The molecular weight excluding hydrogens is 185 g/mol. The highest BCUT2D eigenvalue weighted by Gasteiger charge is 1.98. The lowest BCUT2D eigenvalue weighted by atomic mass is 10.3. The lowest BCUT2D eigenvalue weighted by molar-refractivity contribution is -0.120. The van der Waals surface area contributed by atoms with Crippen molar-refractivity contribution in [1.82, 2.24) is 5.32 Å². The number of halogens is 2. The van der Waals surface area contributed by atoms with Crippen LogP contribution in [0.1, 0.15) is 12.8 Å². The largest absolute Gasteiger partial charge is 0.351 e. The Labute approximate surface area is 76.6 Å². The number of nitrogens with one attached hydrogen (secondary N) is 1. The van der Waals surface area contributed by atoms with E-state index in [1.165, 1.54) is 0 Å². The Morgan fingerprint density at radius 3 is 2.64 bits per heavy atom.